The number of hydrazone groups is 1. The Kier molecular flexibility index (Phi) is 3.97. The number of para-hydroxylation sites is 1. The number of carbonyl (C=O) groups is 2. The van der Waals surface area contributed by atoms with Crippen molar-refractivity contribution in [3.63, 3.8) is 0 Å². The summed E-state index contributed by atoms with van der Waals surface area (Å²) in [6.45, 7) is 1.50. The fourth-order valence-corrected chi connectivity index (χ4v) is 2.30. The summed E-state index contributed by atoms with van der Waals surface area (Å²) in [5.74, 6) is -0.402. The van der Waals surface area contributed by atoms with Gasteiger partial charge in [0.2, 0.25) is 5.91 Å². The van der Waals surface area contributed by atoms with Crippen LogP contribution in [0.2, 0.25) is 0 Å². The topological polar surface area (TPSA) is 76.3 Å². The molecule has 23 heavy (non-hydrogen) atoms. The first-order valence-corrected chi connectivity index (χ1v) is 7.01. The third-order valence-electron chi connectivity index (χ3n) is 3.39. The number of benzene rings is 1. The highest BCUT2D eigenvalue weighted by Crippen LogP contribution is 2.19. The van der Waals surface area contributed by atoms with Gasteiger partial charge in [0.05, 0.1) is 11.7 Å². The Morgan fingerprint density at radius 3 is 2.65 bits per heavy atom. The Labute approximate surface area is 132 Å². The fraction of sp³-hybridized carbons (Fsp3) is 0.0588. The third kappa shape index (κ3) is 3.01. The number of carbonyl (C=O) groups excluding carboxylic acids is 2. The largest absolute Gasteiger partial charge is 0.287 e. The predicted octanol–water partition coefficient (Wildman–Crippen LogP) is 2.46. The normalized spacial score (nSPS) is 11.0. The van der Waals surface area contributed by atoms with Crippen LogP contribution in [-0.4, -0.2) is 27.6 Å². The number of pyridine rings is 1. The second-order valence-corrected chi connectivity index (χ2v) is 4.93. The van der Waals surface area contributed by atoms with Gasteiger partial charge in [0.25, 0.3) is 5.91 Å². The van der Waals surface area contributed by atoms with Crippen LogP contribution in [0.15, 0.2) is 60.1 Å². The summed E-state index contributed by atoms with van der Waals surface area (Å²) in [7, 11) is 0. The van der Waals surface area contributed by atoms with Crippen LogP contribution in [0.3, 0.4) is 0 Å². The minimum Gasteiger partial charge on any atom is -0.287 e. The smallest absolute Gasteiger partial charge is 0.271 e. The van der Waals surface area contributed by atoms with Crippen molar-refractivity contribution in [2.45, 2.75) is 6.92 Å². The number of nitrogens with zero attached hydrogens (tertiary/aromatic N) is 3. The molecule has 114 valence electrons. The summed E-state index contributed by atoms with van der Waals surface area (Å²) in [6.07, 6.45) is 6.31. The van der Waals surface area contributed by atoms with Gasteiger partial charge in [-0.15, -0.1) is 0 Å². The minimum atomic E-state index is -0.320. The molecule has 6 heteroatoms. The molecule has 1 amide bonds. The standard InChI is InChI=1S/C17H14N4O2/c1-12(22)21-11-14(15-4-2-3-5-16(15)21)10-19-20-17(23)13-6-8-18-9-7-13/h2-11H,1H3,(H,20,23). The van der Waals surface area contributed by atoms with Crippen molar-refractivity contribution >= 4 is 28.9 Å². The van der Waals surface area contributed by atoms with Gasteiger partial charge in [-0.1, -0.05) is 18.2 Å². The highest BCUT2D eigenvalue weighted by molar-refractivity contribution is 6.03. The van der Waals surface area contributed by atoms with Gasteiger partial charge >= 0.3 is 0 Å². The molecule has 0 fully saturated rings. The molecular formula is C17H14N4O2. The van der Waals surface area contributed by atoms with Crippen molar-refractivity contribution in [2.24, 2.45) is 5.10 Å². The van der Waals surface area contributed by atoms with Crippen molar-refractivity contribution in [1.29, 1.82) is 0 Å². The van der Waals surface area contributed by atoms with Crippen molar-refractivity contribution in [2.75, 3.05) is 0 Å². The van der Waals surface area contributed by atoms with Gasteiger partial charge in [0.15, 0.2) is 0 Å². The van der Waals surface area contributed by atoms with Gasteiger partial charge < -0.3 is 0 Å². The molecule has 0 aliphatic carbocycles. The zero-order chi connectivity index (χ0) is 16.2. The van der Waals surface area contributed by atoms with E-state index >= 15 is 0 Å². The zero-order valence-electron chi connectivity index (χ0n) is 12.4. The lowest BCUT2D eigenvalue weighted by atomic mass is 10.2. The van der Waals surface area contributed by atoms with Gasteiger partial charge in [-0.2, -0.15) is 5.10 Å². The van der Waals surface area contributed by atoms with E-state index in [1.54, 1.807) is 35.3 Å². The van der Waals surface area contributed by atoms with E-state index in [0.717, 1.165) is 16.5 Å². The Balaban J connectivity index is 1.84. The van der Waals surface area contributed by atoms with Gasteiger partial charge in [-0.25, -0.2) is 5.43 Å². The summed E-state index contributed by atoms with van der Waals surface area (Å²) in [5, 5.41) is 4.86. The molecular weight excluding hydrogens is 292 g/mol. The molecule has 0 saturated carbocycles. The average molecular weight is 306 g/mol. The SMILES string of the molecule is CC(=O)n1cc(C=NNC(=O)c2ccncc2)c2ccccc21. The summed E-state index contributed by atoms with van der Waals surface area (Å²) in [5.41, 5.74) is 4.50. The first kappa shape index (κ1) is 14.6. The van der Waals surface area contributed by atoms with Crippen LogP contribution in [0.25, 0.3) is 10.9 Å². The van der Waals surface area contributed by atoms with Crippen molar-refractivity contribution < 1.29 is 9.59 Å². The molecule has 0 unspecified atom stereocenters. The zero-order valence-corrected chi connectivity index (χ0v) is 12.4. The predicted molar refractivity (Wildman–Crippen MR) is 87.5 cm³/mol. The van der Waals surface area contributed by atoms with Gasteiger partial charge in [0.1, 0.15) is 0 Å². The van der Waals surface area contributed by atoms with Crippen LogP contribution < -0.4 is 5.43 Å². The molecule has 0 spiro atoms. The number of rotatable bonds is 3. The van der Waals surface area contributed by atoms with Gasteiger partial charge in [-0.3, -0.25) is 19.1 Å². The molecule has 2 aromatic heterocycles. The number of nitrogens with one attached hydrogen (secondary N) is 1. The van der Waals surface area contributed by atoms with Gasteiger partial charge in [-0.05, 0) is 18.2 Å². The maximum absolute atomic E-state index is 11.9. The van der Waals surface area contributed by atoms with E-state index in [-0.39, 0.29) is 11.8 Å². The maximum atomic E-state index is 11.9. The highest BCUT2D eigenvalue weighted by atomic mass is 16.2. The minimum absolute atomic E-state index is 0.0818. The van der Waals surface area contributed by atoms with Crippen molar-refractivity contribution in [3.05, 3.63) is 66.1 Å². The maximum Gasteiger partial charge on any atom is 0.271 e. The molecule has 0 aliphatic heterocycles. The second-order valence-electron chi connectivity index (χ2n) is 4.93. The molecule has 0 bridgehead atoms. The van der Waals surface area contributed by atoms with Crippen LogP contribution in [-0.2, 0) is 0 Å². The monoisotopic (exact) mass is 306 g/mol. The average Bonchev–Trinajstić information content (AvgIpc) is 2.95. The van der Waals surface area contributed by atoms with Crippen LogP contribution in [0.4, 0.5) is 0 Å². The summed E-state index contributed by atoms with van der Waals surface area (Å²) < 4.78 is 1.56. The molecule has 3 rings (SSSR count). The van der Waals surface area contributed by atoms with Crippen molar-refractivity contribution in [1.82, 2.24) is 15.0 Å². The highest BCUT2D eigenvalue weighted by Gasteiger charge is 2.09. The molecule has 3 aromatic rings. The molecule has 1 aromatic carbocycles. The van der Waals surface area contributed by atoms with E-state index < -0.39 is 0 Å². The fourth-order valence-electron chi connectivity index (χ4n) is 2.30. The first-order chi connectivity index (χ1) is 11.2. The number of hydrogen-bond donors (Lipinski definition) is 1. The lowest BCUT2D eigenvalue weighted by Crippen LogP contribution is -2.17. The number of amides is 1. The molecule has 6 nitrogen and oxygen atoms in total. The molecule has 0 radical (unpaired) electrons. The Morgan fingerprint density at radius 2 is 1.91 bits per heavy atom. The Morgan fingerprint density at radius 1 is 1.17 bits per heavy atom. The van der Waals surface area contributed by atoms with Gasteiger partial charge in [0, 0.05) is 42.0 Å². The quantitative estimate of drug-likeness (QED) is 0.596. The third-order valence-corrected chi connectivity index (χ3v) is 3.39. The number of aromatic nitrogens is 2. The number of hydrogen-bond acceptors (Lipinski definition) is 4. The van der Waals surface area contributed by atoms with E-state index in [2.05, 4.69) is 15.5 Å². The molecule has 0 aliphatic rings. The lowest BCUT2D eigenvalue weighted by Gasteiger charge is -1.98. The first-order valence-electron chi connectivity index (χ1n) is 7.01. The van der Waals surface area contributed by atoms with E-state index in [0.29, 0.717) is 5.56 Å². The Hall–Kier alpha value is -3.28. The van der Waals surface area contributed by atoms with Crippen LogP contribution >= 0.6 is 0 Å². The second kappa shape index (κ2) is 6.23. The molecule has 0 saturated heterocycles. The van der Waals surface area contributed by atoms with Crippen LogP contribution in [0.1, 0.15) is 27.6 Å². The molecule has 2 heterocycles. The van der Waals surface area contributed by atoms with Crippen LogP contribution in [0, 0.1) is 0 Å². The molecule has 1 N–H and O–H groups in total. The molecule has 0 atom stereocenters. The summed E-state index contributed by atoms with van der Waals surface area (Å²) in [4.78, 5) is 27.4. The van der Waals surface area contributed by atoms with Crippen LogP contribution in [0.5, 0.6) is 0 Å². The lowest BCUT2D eigenvalue weighted by molar-refractivity contribution is 0.0937. The van der Waals surface area contributed by atoms with E-state index in [4.69, 9.17) is 0 Å². The number of fused-ring (bicyclic) bond motifs is 1. The van der Waals surface area contributed by atoms with E-state index in [9.17, 15) is 9.59 Å². The summed E-state index contributed by atoms with van der Waals surface area (Å²) >= 11 is 0. The summed E-state index contributed by atoms with van der Waals surface area (Å²) in [6, 6.07) is 10.7. The Bertz CT molecular complexity index is 897. The van der Waals surface area contributed by atoms with E-state index in [1.807, 2.05) is 24.3 Å². The van der Waals surface area contributed by atoms with Crippen molar-refractivity contribution in [3.8, 4) is 0 Å². The van der Waals surface area contributed by atoms with E-state index in [1.165, 1.54) is 13.1 Å².